The van der Waals surface area contributed by atoms with Gasteiger partial charge in [-0.2, -0.15) is 0 Å². The zero-order valence-corrected chi connectivity index (χ0v) is 35.2. The van der Waals surface area contributed by atoms with Crippen molar-refractivity contribution in [1.82, 2.24) is 25.2 Å². The van der Waals surface area contributed by atoms with E-state index < -0.39 is 0 Å². The van der Waals surface area contributed by atoms with Gasteiger partial charge < -0.3 is 44.3 Å². The van der Waals surface area contributed by atoms with E-state index in [-0.39, 0.29) is 48.1 Å². The van der Waals surface area contributed by atoms with Gasteiger partial charge in [-0.3, -0.25) is 19.3 Å². The smallest absolute Gasteiger partial charge is 0.262 e. The molecule has 4 aliphatic rings. The molecule has 4 heterocycles. The lowest BCUT2D eigenvalue weighted by Gasteiger charge is -2.47. The second-order valence-corrected chi connectivity index (χ2v) is 17.0. The number of nitrogens with one attached hydrogen (secondary N) is 2. The molecule has 2 saturated heterocycles. The van der Waals surface area contributed by atoms with Crippen molar-refractivity contribution in [2.75, 3.05) is 77.6 Å². The number of amides is 3. The van der Waals surface area contributed by atoms with Gasteiger partial charge in [0.25, 0.3) is 5.91 Å². The molecular formula is C47H60N6O8. The van der Waals surface area contributed by atoms with Crippen LogP contribution < -0.4 is 15.4 Å². The van der Waals surface area contributed by atoms with E-state index >= 15 is 0 Å². The predicted molar refractivity (Wildman–Crippen MR) is 230 cm³/mol. The summed E-state index contributed by atoms with van der Waals surface area (Å²) in [6.45, 7) is 7.30. The summed E-state index contributed by atoms with van der Waals surface area (Å²) in [5, 5.41) is 21.4. The third-order valence-corrected chi connectivity index (χ3v) is 12.8. The number of hydrogen-bond acceptors (Lipinski definition) is 11. The molecule has 1 saturated carbocycles. The first kappa shape index (κ1) is 42.7. The van der Waals surface area contributed by atoms with Gasteiger partial charge in [0, 0.05) is 57.2 Å². The Bertz CT molecular complexity index is 2130. The molecule has 326 valence electrons. The molecule has 3 aliphatic heterocycles. The van der Waals surface area contributed by atoms with E-state index in [0.717, 1.165) is 75.5 Å². The molecule has 4 aromatic rings. The maximum atomic E-state index is 13.6. The predicted octanol–water partition coefficient (Wildman–Crippen LogP) is 5.24. The van der Waals surface area contributed by atoms with E-state index in [2.05, 4.69) is 49.9 Å². The van der Waals surface area contributed by atoms with Gasteiger partial charge in [0.2, 0.25) is 11.8 Å². The van der Waals surface area contributed by atoms with Crippen LogP contribution in [0.4, 0.5) is 5.69 Å². The number of benzene rings is 3. The summed E-state index contributed by atoms with van der Waals surface area (Å²) in [6.07, 6.45) is 9.41. The summed E-state index contributed by atoms with van der Waals surface area (Å²) < 4.78 is 23.5. The van der Waals surface area contributed by atoms with Gasteiger partial charge in [-0.15, -0.1) is 0 Å². The fraction of sp³-hybridized carbons (Fsp3) is 0.532. The zero-order chi connectivity index (χ0) is 42.0. The van der Waals surface area contributed by atoms with Crippen LogP contribution in [0.5, 0.6) is 11.5 Å². The number of phenolic OH excluding ortho intramolecular Hbond substituents is 1. The van der Waals surface area contributed by atoms with Gasteiger partial charge in [0.1, 0.15) is 17.1 Å². The second kappa shape index (κ2) is 20.2. The Hall–Kier alpha value is -5.02. The largest absolute Gasteiger partial charge is 0.506 e. The van der Waals surface area contributed by atoms with E-state index in [1.807, 2.05) is 35.2 Å². The monoisotopic (exact) mass is 836 g/mol. The highest BCUT2D eigenvalue weighted by molar-refractivity contribution is 5.97. The SMILES string of the molecule is O=C1COc2c(CCNCCN(C(=O)CCOCCc3cccc(CN4CCC5(CC4)CN(C(=O)Cc4noc6ccccc46)CCO5)c3)C3CCCCC3)ccc(O)c2N1. The summed E-state index contributed by atoms with van der Waals surface area (Å²) in [5.74, 6) is 0.447. The Balaban J connectivity index is 0.740. The molecule has 0 unspecified atom stereocenters. The fourth-order valence-corrected chi connectivity index (χ4v) is 9.40. The number of aromatic hydroxyl groups is 1. The summed E-state index contributed by atoms with van der Waals surface area (Å²) in [7, 11) is 0. The molecule has 14 nitrogen and oxygen atoms in total. The fourth-order valence-electron chi connectivity index (χ4n) is 9.40. The van der Waals surface area contributed by atoms with Crippen molar-refractivity contribution in [2.45, 2.75) is 88.8 Å². The zero-order valence-electron chi connectivity index (χ0n) is 35.2. The van der Waals surface area contributed by atoms with Crippen molar-refractivity contribution < 1.29 is 38.2 Å². The van der Waals surface area contributed by atoms with Crippen molar-refractivity contribution in [3.8, 4) is 11.5 Å². The van der Waals surface area contributed by atoms with Crippen LogP contribution in [0.3, 0.4) is 0 Å². The number of phenols is 1. The van der Waals surface area contributed by atoms with Gasteiger partial charge in [0.15, 0.2) is 17.9 Å². The number of ether oxygens (including phenoxy) is 3. The molecule has 0 radical (unpaired) electrons. The Kier molecular flexibility index (Phi) is 14.2. The Morgan fingerprint density at radius 3 is 2.67 bits per heavy atom. The highest BCUT2D eigenvalue weighted by atomic mass is 16.5. The topological polar surface area (TPSA) is 159 Å². The summed E-state index contributed by atoms with van der Waals surface area (Å²) >= 11 is 0. The van der Waals surface area contributed by atoms with E-state index in [4.69, 9.17) is 18.7 Å². The highest BCUT2D eigenvalue weighted by Gasteiger charge is 2.41. The highest BCUT2D eigenvalue weighted by Crippen LogP contribution is 2.39. The van der Waals surface area contributed by atoms with E-state index in [0.29, 0.717) is 88.1 Å². The number of nitrogens with zero attached hydrogens (tertiary/aromatic N) is 4. The second-order valence-electron chi connectivity index (χ2n) is 17.0. The number of fused-ring (bicyclic) bond motifs is 2. The first-order valence-corrected chi connectivity index (χ1v) is 22.2. The van der Waals surface area contributed by atoms with E-state index in [1.165, 1.54) is 17.5 Å². The summed E-state index contributed by atoms with van der Waals surface area (Å²) in [4.78, 5) is 45.2. The molecule has 3 N–H and O–H groups in total. The number of morpholine rings is 1. The van der Waals surface area contributed by atoms with Crippen molar-refractivity contribution in [2.24, 2.45) is 0 Å². The van der Waals surface area contributed by atoms with Crippen molar-refractivity contribution in [3.63, 3.8) is 0 Å². The molecule has 0 bridgehead atoms. The van der Waals surface area contributed by atoms with Crippen LogP contribution in [-0.4, -0.2) is 127 Å². The van der Waals surface area contributed by atoms with Crippen LogP contribution >= 0.6 is 0 Å². The number of piperidine rings is 1. The third-order valence-electron chi connectivity index (χ3n) is 12.8. The van der Waals surface area contributed by atoms with E-state index in [1.54, 1.807) is 6.07 Å². The lowest BCUT2D eigenvalue weighted by atomic mass is 9.89. The molecule has 3 fully saturated rings. The Morgan fingerprint density at radius 2 is 1.80 bits per heavy atom. The summed E-state index contributed by atoms with van der Waals surface area (Å²) in [5.41, 5.74) is 4.81. The number of anilines is 1. The molecule has 8 rings (SSSR count). The average Bonchev–Trinajstić information content (AvgIpc) is 3.69. The maximum absolute atomic E-state index is 13.6. The number of carbonyl (C=O) groups is 3. The maximum Gasteiger partial charge on any atom is 0.262 e. The molecule has 14 heteroatoms. The average molecular weight is 837 g/mol. The molecule has 0 atom stereocenters. The molecule has 3 amide bonds. The number of aromatic nitrogens is 1. The van der Waals surface area contributed by atoms with Crippen LogP contribution in [0, 0.1) is 0 Å². The molecule has 61 heavy (non-hydrogen) atoms. The first-order valence-electron chi connectivity index (χ1n) is 22.2. The van der Waals surface area contributed by atoms with Crippen LogP contribution in [-0.2, 0) is 49.7 Å². The number of carbonyl (C=O) groups excluding carboxylic acids is 3. The van der Waals surface area contributed by atoms with Crippen molar-refractivity contribution >= 4 is 34.4 Å². The Labute approximate surface area is 357 Å². The molecular weight excluding hydrogens is 777 g/mol. The number of para-hydroxylation sites is 1. The quantitative estimate of drug-likeness (QED) is 0.0944. The third kappa shape index (κ3) is 10.9. The van der Waals surface area contributed by atoms with Gasteiger partial charge in [-0.25, -0.2) is 0 Å². The van der Waals surface area contributed by atoms with Crippen molar-refractivity contribution in [3.05, 3.63) is 83.0 Å². The van der Waals surface area contributed by atoms with E-state index in [9.17, 15) is 19.5 Å². The minimum Gasteiger partial charge on any atom is -0.506 e. The minimum absolute atomic E-state index is 0.00630. The van der Waals surface area contributed by atoms with Crippen LogP contribution in [0.1, 0.15) is 73.8 Å². The van der Waals surface area contributed by atoms with Gasteiger partial charge in [-0.05, 0) is 80.0 Å². The minimum atomic E-state index is -0.310. The molecule has 1 aliphatic carbocycles. The normalized spacial score (nSPS) is 18.2. The summed E-state index contributed by atoms with van der Waals surface area (Å²) in [6, 6.07) is 20.0. The lowest BCUT2D eigenvalue weighted by Crippen LogP contribution is -2.58. The Morgan fingerprint density at radius 1 is 0.967 bits per heavy atom. The van der Waals surface area contributed by atoms with Crippen LogP contribution in [0.15, 0.2) is 65.2 Å². The lowest BCUT2D eigenvalue weighted by molar-refractivity contribution is -0.159. The van der Waals surface area contributed by atoms with Crippen LogP contribution in [0.25, 0.3) is 11.0 Å². The number of rotatable bonds is 17. The standard InChI is InChI=1S/C47H60N6O8/c54-40-14-13-36(46-45(40)49-42(55)32-59-46)15-20-48-21-24-53(37-9-2-1-3-10-37)43(56)17-27-58-26-16-34-7-6-8-35(29-34)31-51-22-18-47(19-23-51)33-52(25-28-60-47)44(57)30-39-38-11-4-5-12-41(38)61-50-39/h4-8,11-14,29,37,48,54H,1-3,9-10,15-28,30-33H2,(H,49,55). The van der Waals surface area contributed by atoms with Crippen molar-refractivity contribution in [1.29, 1.82) is 0 Å². The first-order chi connectivity index (χ1) is 29.8. The van der Waals surface area contributed by atoms with Crippen LogP contribution in [0.2, 0.25) is 0 Å². The molecule has 1 spiro atoms. The molecule has 3 aromatic carbocycles. The van der Waals surface area contributed by atoms with Gasteiger partial charge in [-0.1, -0.05) is 66.9 Å². The molecule has 1 aromatic heterocycles. The van der Waals surface area contributed by atoms with Gasteiger partial charge >= 0.3 is 0 Å². The van der Waals surface area contributed by atoms with Gasteiger partial charge in [0.05, 0.1) is 38.3 Å². The number of likely N-dealkylation sites (tertiary alicyclic amines) is 1. The number of hydrogen-bond donors (Lipinski definition) is 3.